The van der Waals surface area contributed by atoms with Crippen LogP contribution in [0.5, 0.6) is 0 Å². The van der Waals surface area contributed by atoms with Crippen LogP contribution in [0.15, 0.2) is 219 Å². The van der Waals surface area contributed by atoms with Gasteiger partial charge in [0.15, 0.2) is 5.82 Å². The Bertz CT molecular complexity index is 4190. The van der Waals surface area contributed by atoms with Crippen molar-refractivity contribution in [2.75, 3.05) is 0 Å². The molecule has 0 saturated heterocycles. The van der Waals surface area contributed by atoms with Crippen LogP contribution in [0.3, 0.4) is 0 Å². The summed E-state index contributed by atoms with van der Waals surface area (Å²) in [6.07, 6.45) is 3.79. The Morgan fingerprint density at radius 2 is 0.750 bits per heavy atom. The lowest BCUT2D eigenvalue weighted by Crippen LogP contribution is -2.15. The number of benzene rings is 9. The van der Waals surface area contributed by atoms with Crippen LogP contribution >= 0.6 is 0 Å². The Balaban J connectivity index is 1.00. The lowest BCUT2D eigenvalue weighted by Gasteiger charge is -2.23. The molecule has 0 radical (unpaired) electrons. The fourth-order valence-electron chi connectivity index (χ4n) is 12.0. The minimum Gasteiger partial charge on any atom is -0.256 e. The minimum atomic E-state index is -0.176. The standard InChI is InChI=1S/C68H48N4/c1-67(2)58-17-9-5-13-50(58)52-31-29-45(39-60(52)67)47-37-56(46-30-32-53-51-14-6-10-18-59(51)68(3,4)61(53)40-46)65-57(38-47)64(43-25-21-41(22-26-43)48-33-35-69-62-19-11-7-15-54(48)62)71-66(72-65)44-27-23-42(24-28-44)49-34-36-70-63-20-12-8-16-55(49)63/h5-40H,1-4H3. The highest BCUT2D eigenvalue weighted by Gasteiger charge is 2.37. The van der Waals surface area contributed by atoms with Crippen molar-refractivity contribution in [1.29, 1.82) is 0 Å². The van der Waals surface area contributed by atoms with Crippen LogP contribution in [0.25, 0.3) is 122 Å². The van der Waals surface area contributed by atoms with Crippen molar-refractivity contribution in [2.45, 2.75) is 38.5 Å². The average molecular weight is 921 g/mol. The van der Waals surface area contributed by atoms with Gasteiger partial charge in [-0.3, -0.25) is 9.97 Å². The van der Waals surface area contributed by atoms with Crippen LogP contribution in [0.2, 0.25) is 0 Å². The largest absolute Gasteiger partial charge is 0.256 e. The van der Waals surface area contributed by atoms with Crippen LogP contribution in [0.1, 0.15) is 49.9 Å². The van der Waals surface area contributed by atoms with Crippen molar-refractivity contribution in [3.05, 3.63) is 241 Å². The third-order valence-corrected chi connectivity index (χ3v) is 15.8. The second-order valence-corrected chi connectivity index (χ2v) is 20.6. The Kier molecular flexibility index (Phi) is 9.25. The molecule has 340 valence electrons. The molecule has 3 heterocycles. The molecule has 3 aromatic heterocycles. The number of rotatable bonds is 6. The molecular weight excluding hydrogens is 873 g/mol. The first-order valence-corrected chi connectivity index (χ1v) is 24.9. The van der Waals surface area contributed by atoms with E-state index in [9.17, 15) is 0 Å². The zero-order chi connectivity index (χ0) is 48.3. The maximum absolute atomic E-state index is 5.64. The summed E-state index contributed by atoms with van der Waals surface area (Å²) in [5.41, 5.74) is 25.0. The molecule has 0 atom stereocenters. The highest BCUT2D eigenvalue weighted by Crippen LogP contribution is 2.52. The van der Waals surface area contributed by atoms with Crippen molar-refractivity contribution in [3.8, 4) is 89.4 Å². The molecule has 0 N–H and O–H groups in total. The molecule has 9 aromatic carbocycles. The van der Waals surface area contributed by atoms with E-state index >= 15 is 0 Å². The van der Waals surface area contributed by atoms with Crippen molar-refractivity contribution in [2.24, 2.45) is 0 Å². The summed E-state index contributed by atoms with van der Waals surface area (Å²) in [7, 11) is 0. The van der Waals surface area contributed by atoms with Crippen LogP contribution in [-0.4, -0.2) is 19.9 Å². The maximum atomic E-state index is 5.64. The van der Waals surface area contributed by atoms with Gasteiger partial charge in [-0.25, -0.2) is 9.97 Å². The Labute approximate surface area is 419 Å². The second-order valence-electron chi connectivity index (χ2n) is 20.6. The van der Waals surface area contributed by atoms with Crippen LogP contribution in [-0.2, 0) is 10.8 Å². The first kappa shape index (κ1) is 42.1. The smallest absolute Gasteiger partial charge is 0.160 e. The molecule has 0 bridgehead atoms. The van der Waals surface area contributed by atoms with Gasteiger partial charge in [-0.05, 0) is 132 Å². The maximum Gasteiger partial charge on any atom is 0.160 e. The van der Waals surface area contributed by atoms with Crippen molar-refractivity contribution < 1.29 is 0 Å². The van der Waals surface area contributed by atoms with Gasteiger partial charge in [-0.15, -0.1) is 0 Å². The van der Waals surface area contributed by atoms with Crippen molar-refractivity contribution in [1.82, 2.24) is 19.9 Å². The van der Waals surface area contributed by atoms with E-state index in [2.05, 4.69) is 232 Å². The average Bonchev–Trinajstić information content (AvgIpc) is 3.80. The fourth-order valence-corrected chi connectivity index (χ4v) is 12.0. The minimum absolute atomic E-state index is 0.146. The van der Waals surface area contributed by atoms with Gasteiger partial charge in [-0.2, -0.15) is 0 Å². The summed E-state index contributed by atoms with van der Waals surface area (Å²) in [4.78, 5) is 20.5. The molecule has 0 aliphatic heterocycles. The lowest BCUT2D eigenvalue weighted by atomic mass is 9.81. The molecule has 4 heteroatoms. The number of pyridine rings is 2. The number of hydrogen-bond acceptors (Lipinski definition) is 4. The zero-order valence-electron chi connectivity index (χ0n) is 40.6. The van der Waals surface area contributed by atoms with E-state index in [1.807, 2.05) is 24.5 Å². The predicted molar refractivity (Wildman–Crippen MR) is 298 cm³/mol. The summed E-state index contributed by atoms with van der Waals surface area (Å²) in [6, 6.07) is 75.1. The highest BCUT2D eigenvalue weighted by molar-refractivity contribution is 6.06. The lowest BCUT2D eigenvalue weighted by molar-refractivity contribution is 0.660. The van der Waals surface area contributed by atoms with Crippen molar-refractivity contribution in [3.63, 3.8) is 0 Å². The van der Waals surface area contributed by atoms with Crippen LogP contribution in [0, 0.1) is 0 Å². The molecule has 4 nitrogen and oxygen atoms in total. The summed E-state index contributed by atoms with van der Waals surface area (Å²) in [6.45, 7) is 9.43. The monoisotopic (exact) mass is 920 g/mol. The van der Waals surface area contributed by atoms with E-state index in [1.54, 1.807) is 0 Å². The normalized spacial score (nSPS) is 13.8. The van der Waals surface area contributed by atoms with Gasteiger partial charge >= 0.3 is 0 Å². The Morgan fingerprint density at radius 3 is 1.33 bits per heavy atom. The number of nitrogens with zero attached hydrogens (tertiary/aromatic N) is 4. The third kappa shape index (κ3) is 6.45. The number of para-hydroxylation sites is 2. The van der Waals surface area contributed by atoms with Gasteiger partial charge in [0.1, 0.15) is 0 Å². The van der Waals surface area contributed by atoms with E-state index in [1.165, 1.54) is 50.1 Å². The Morgan fingerprint density at radius 1 is 0.292 bits per heavy atom. The molecule has 14 rings (SSSR count). The zero-order valence-corrected chi connectivity index (χ0v) is 40.6. The first-order valence-electron chi connectivity index (χ1n) is 24.9. The number of fused-ring (bicyclic) bond motifs is 9. The van der Waals surface area contributed by atoms with Crippen LogP contribution in [0.4, 0.5) is 0 Å². The molecule has 72 heavy (non-hydrogen) atoms. The van der Waals surface area contributed by atoms with Gasteiger partial charge in [0.25, 0.3) is 0 Å². The Hall–Kier alpha value is -8.86. The SMILES string of the molecule is CC1(C)c2ccccc2-c2ccc(-c3cc(-c4ccc5c(c4)C(C)(C)c4ccccc4-5)c4nc(-c5ccc(-c6ccnc7ccccc67)cc5)nc(-c5ccc(-c6ccnc7ccccc67)cc5)c4c3)cc21. The van der Waals surface area contributed by atoms with Gasteiger partial charge in [0, 0.05) is 56.1 Å². The van der Waals surface area contributed by atoms with E-state index in [0.29, 0.717) is 5.82 Å². The number of hydrogen-bond donors (Lipinski definition) is 0. The topological polar surface area (TPSA) is 51.6 Å². The highest BCUT2D eigenvalue weighted by atomic mass is 14.9. The molecule has 2 aliphatic carbocycles. The van der Waals surface area contributed by atoms with Crippen LogP contribution < -0.4 is 0 Å². The molecule has 0 unspecified atom stereocenters. The molecular formula is C68H48N4. The number of aromatic nitrogens is 4. The van der Waals surface area contributed by atoms with E-state index in [4.69, 9.17) is 9.97 Å². The molecule has 0 spiro atoms. The van der Waals surface area contributed by atoms with Crippen molar-refractivity contribution >= 4 is 32.7 Å². The first-order chi connectivity index (χ1) is 35.2. The predicted octanol–water partition coefficient (Wildman–Crippen LogP) is 17.3. The van der Waals surface area contributed by atoms with E-state index < -0.39 is 0 Å². The quantitative estimate of drug-likeness (QED) is 0.167. The van der Waals surface area contributed by atoms with E-state index in [0.717, 1.165) is 88.5 Å². The molecule has 0 amide bonds. The van der Waals surface area contributed by atoms with Gasteiger partial charge in [-0.1, -0.05) is 185 Å². The molecule has 2 aliphatic rings. The molecule has 0 fully saturated rings. The third-order valence-electron chi connectivity index (χ3n) is 15.8. The summed E-state index contributed by atoms with van der Waals surface area (Å²) in [5, 5.41) is 3.25. The molecule has 0 saturated carbocycles. The van der Waals surface area contributed by atoms with Gasteiger partial charge in [0.2, 0.25) is 0 Å². The summed E-state index contributed by atoms with van der Waals surface area (Å²) in [5.74, 6) is 0.674. The van der Waals surface area contributed by atoms with E-state index in [-0.39, 0.29) is 10.8 Å². The second kappa shape index (κ2) is 15.8. The fraction of sp³-hybridized carbons (Fsp3) is 0.0882. The summed E-state index contributed by atoms with van der Waals surface area (Å²) >= 11 is 0. The molecule has 12 aromatic rings. The summed E-state index contributed by atoms with van der Waals surface area (Å²) < 4.78 is 0. The van der Waals surface area contributed by atoms with Gasteiger partial charge in [0.05, 0.1) is 22.2 Å². The van der Waals surface area contributed by atoms with Gasteiger partial charge < -0.3 is 0 Å².